The number of carbonyl (C=O) groups excluding carboxylic acids is 1. The van der Waals surface area contributed by atoms with E-state index >= 15 is 0 Å². The van der Waals surface area contributed by atoms with Crippen molar-refractivity contribution >= 4 is 17.4 Å². The number of nitrogens with zero attached hydrogens (tertiary/aromatic N) is 3. The van der Waals surface area contributed by atoms with Crippen LogP contribution in [-0.4, -0.2) is 61.1 Å². The zero-order valence-electron chi connectivity index (χ0n) is 15.8. The van der Waals surface area contributed by atoms with Gasteiger partial charge in [-0.25, -0.2) is 4.79 Å². The quantitative estimate of drug-likeness (QED) is 0.896. The van der Waals surface area contributed by atoms with E-state index in [1.807, 2.05) is 17.0 Å². The second kappa shape index (κ2) is 8.30. The zero-order chi connectivity index (χ0) is 17.8. The summed E-state index contributed by atoms with van der Waals surface area (Å²) in [6.07, 6.45) is 9.40. The Labute approximate surface area is 157 Å². The number of carbonyl (C=O) groups is 1. The molecule has 4 rings (SSSR count). The van der Waals surface area contributed by atoms with E-state index in [4.69, 9.17) is 0 Å². The first kappa shape index (κ1) is 17.7. The summed E-state index contributed by atoms with van der Waals surface area (Å²) >= 11 is 0. The lowest BCUT2D eigenvalue weighted by Gasteiger charge is -2.40. The van der Waals surface area contributed by atoms with Crippen molar-refractivity contribution in [2.45, 2.75) is 51.0 Å². The van der Waals surface area contributed by atoms with Crippen molar-refractivity contribution in [2.75, 3.05) is 49.5 Å². The van der Waals surface area contributed by atoms with E-state index in [0.717, 1.165) is 51.0 Å². The number of benzene rings is 1. The van der Waals surface area contributed by atoms with Crippen LogP contribution >= 0.6 is 0 Å². The molecule has 1 saturated carbocycles. The van der Waals surface area contributed by atoms with Crippen LogP contribution in [0.15, 0.2) is 24.3 Å². The molecule has 5 nitrogen and oxygen atoms in total. The molecule has 1 aromatic carbocycles. The third-order valence-electron chi connectivity index (χ3n) is 6.28. The van der Waals surface area contributed by atoms with E-state index in [9.17, 15) is 4.79 Å². The smallest absolute Gasteiger partial charge is 0.321 e. The van der Waals surface area contributed by atoms with Crippen LogP contribution in [0.25, 0.3) is 0 Å². The van der Waals surface area contributed by atoms with Gasteiger partial charge in [0, 0.05) is 56.7 Å². The van der Waals surface area contributed by atoms with Crippen molar-refractivity contribution in [3.8, 4) is 0 Å². The molecule has 5 heteroatoms. The first-order chi connectivity index (χ1) is 12.8. The zero-order valence-corrected chi connectivity index (χ0v) is 15.8. The molecule has 142 valence electrons. The van der Waals surface area contributed by atoms with E-state index in [1.165, 1.54) is 50.6 Å². The van der Waals surface area contributed by atoms with Gasteiger partial charge in [-0.05, 0) is 49.9 Å². The molecule has 0 atom stereocenters. The van der Waals surface area contributed by atoms with Gasteiger partial charge in [0.05, 0.1) is 0 Å². The molecule has 3 fully saturated rings. The first-order valence-corrected chi connectivity index (χ1v) is 10.4. The highest BCUT2D eigenvalue weighted by Crippen LogP contribution is 2.24. The van der Waals surface area contributed by atoms with Crippen LogP contribution in [-0.2, 0) is 0 Å². The van der Waals surface area contributed by atoms with E-state index in [0.29, 0.717) is 0 Å². The lowest BCUT2D eigenvalue weighted by atomic mass is 9.94. The van der Waals surface area contributed by atoms with Crippen LogP contribution in [0, 0.1) is 0 Å². The Morgan fingerprint density at radius 2 is 1.46 bits per heavy atom. The van der Waals surface area contributed by atoms with Gasteiger partial charge in [0.25, 0.3) is 0 Å². The molecule has 0 aromatic heterocycles. The molecule has 0 unspecified atom stereocenters. The molecule has 2 amide bonds. The molecule has 1 N–H and O–H groups in total. The number of amides is 2. The third kappa shape index (κ3) is 4.14. The highest BCUT2D eigenvalue weighted by atomic mass is 16.2. The van der Waals surface area contributed by atoms with Gasteiger partial charge < -0.3 is 15.1 Å². The van der Waals surface area contributed by atoms with Crippen molar-refractivity contribution in [2.24, 2.45) is 0 Å². The van der Waals surface area contributed by atoms with Crippen LogP contribution in [0.3, 0.4) is 0 Å². The summed E-state index contributed by atoms with van der Waals surface area (Å²) in [4.78, 5) is 19.6. The minimum absolute atomic E-state index is 0.0437. The minimum atomic E-state index is 0.0437. The molecule has 2 heterocycles. The standard InChI is InChI=1S/C21H32N4O/c26-21(22-18-8-10-20(11-9-18)23-12-4-5-13-23)25-16-14-24(15-17-25)19-6-2-1-3-7-19/h8-11,19H,1-7,12-17H2,(H,22,26). The molecule has 0 spiro atoms. The molecule has 1 aliphatic carbocycles. The van der Waals surface area contributed by atoms with Crippen molar-refractivity contribution in [3.05, 3.63) is 24.3 Å². The van der Waals surface area contributed by atoms with Crippen molar-refractivity contribution < 1.29 is 4.79 Å². The molecular weight excluding hydrogens is 324 g/mol. The average Bonchev–Trinajstić information content (AvgIpc) is 3.24. The first-order valence-electron chi connectivity index (χ1n) is 10.4. The number of hydrogen-bond donors (Lipinski definition) is 1. The molecule has 2 aliphatic heterocycles. The number of rotatable bonds is 3. The molecule has 3 aliphatic rings. The minimum Gasteiger partial charge on any atom is -0.372 e. The summed E-state index contributed by atoms with van der Waals surface area (Å²) in [6, 6.07) is 9.12. The summed E-state index contributed by atoms with van der Waals surface area (Å²) < 4.78 is 0. The Hall–Kier alpha value is -1.75. The van der Waals surface area contributed by atoms with Gasteiger partial charge in [-0.1, -0.05) is 19.3 Å². The van der Waals surface area contributed by atoms with Gasteiger partial charge in [-0.3, -0.25) is 4.90 Å². The van der Waals surface area contributed by atoms with E-state index in [2.05, 4.69) is 27.2 Å². The van der Waals surface area contributed by atoms with E-state index < -0.39 is 0 Å². The van der Waals surface area contributed by atoms with E-state index in [-0.39, 0.29) is 6.03 Å². The number of urea groups is 1. The topological polar surface area (TPSA) is 38.8 Å². The summed E-state index contributed by atoms with van der Waals surface area (Å²) in [7, 11) is 0. The van der Waals surface area contributed by atoms with Gasteiger partial charge in [0.1, 0.15) is 0 Å². The number of hydrogen-bond acceptors (Lipinski definition) is 3. The van der Waals surface area contributed by atoms with Gasteiger partial charge in [-0.15, -0.1) is 0 Å². The summed E-state index contributed by atoms with van der Waals surface area (Å²) in [5.74, 6) is 0. The molecule has 2 saturated heterocycles. The van der Waals surface area contributed by atoms with Gasteiger partial charge in [-0.2, -0.15) is 0 Å². The third-order valence-corrected chi connectivity index (χ3v) is 6.28. The maximum atomic E-state index is 12.6. The highest BCUT2D eigenvalue weighted by molar-refractivity contribution is 5.89. The molecule has 0 bridgehead atoms. The monoisotopic (exact) mass is 356 g/mol. The molecule has 26 heavy (non-hydrogen) atoms. The lowest BCUT2D eigenvalue weighted by Crippen LogP contribution is -2.53. The second-order valence-corrected chi connectivity index (χ2v) is 7.99. The van der Waals surface area contributed by atoms with Crippen LogP contribution in [0.5, 0.6) is 0 Å². The fourth-order valence-corrected chi connectivity index (χ4v) is 4.67. The average molecular weight is 357 g/mol. The SMILES string of the molecule is O=C(Nc1ccc(N2CCCC2)cc1)N1CCN(C2CCCCC2)CC1. The van der Waals surface area contributed by atoms with Gasteiger partial charge >= 0.3 is 6.03 Å². The Morgan fingerprint density at radius 3 is 2.12 bits per heavy atom. The van der Waals surface area contributed by atoms with Crippen LogP contribution in [0.2, 0.25) is 0 Å². The Kier molecular flexibility index (Phi) is 5.63. The van der Waals surface area contributed by atoms with E-state index in [1.54, 1.807) is 0 Å². The Bertz CT molecular complexity index is 583. The largest absolute Gasteiger partial charge is 0.372 e. The van der Waals surface area contributed by atoms with Gasteiger partial charge in [0.2, 0.25) is 0 Å². The lowest BCUT2D eigenvalue weighted by molar-refractivity contribution is 0.0943. The van der Waals surface area contributed by atoms with Gasteiger partial charge in [0.15, 0.2) is 0 Å². The predicted octanol–water partition coefficient (Wildman–Crippen LogP) is 3.77. The maximum Gasteiger partial charge on any atom is 0.321 e. The normalized spacial score (nSPS) is 22.6. The molecule has 0 radical (unpaired) electrons. The molecular formula is C21H32N4O. The summed E-state index contributed by atoms with van der Waals surface area (Å²) in [5.41, 5.74) is 2.16. The summed E-state index contributed by atoms with van der Waals surface area (Å²) in [6.45, 7) is 6.02. The highest BCUT2D eigenvalue weighted by Gasteiger charge is 2.27. The maximum absolute atomic E-state index is 12.6. The fourth-order valence-electron chi connectivity index (χ4n) is 4.67. The fraction of sp³-hybridized carbons (Fsp3) is 0.667. The van der Waals surface area contributed by atoms with Crippen LogP contribution < -0.4 is 10.2 Å². The van der Waals surface area contributed by atoms with Crippen molar-refractivity contribution in [1.82, 2.24) is 9.80 Å². The van der Waals surface area contributed by atoms with Crippen LogP contribution in [0.1, 0.15) is 44.9 Å². The Morgan fingerprint density at radius 1 is 0.808 bits per heavy atom. The van der Waals surface area contributed by atoms with Crippen LogP contribution in [0.4, 0.5) is 16.2 Å². The second-order valence-electron chi connectivity index (χ2n) is 7.99. The number of anilines is 2. The molecule has 1 aromatic rings. The van der Waals surface area contributed by atoms with Crippen molar-refractivity contribution in [1.29, 1.82) is 0 Å². The number of nitrogens with one attached hydrogen (secondary N) is 1. The summed E-state index contributed by atoms with van der Waals surface area (Å²) in [5, 5.41) is 3.07. The number of piperazine rings is 1. The Balaban J connectivity index is 1.26. The predicted molar refractivity (Wildman–Crippen MR) is 107 cm³/mol. The van der Waals surface area contributed by atoms with Crippen molar-refractivity contribution in [3.63, 3.8) is 0 Å².